The number of carbonyl (C=O) groups is 1. The second-order valence-corrected chi connectivity index (χ2v) is 3.87. The molecule has 0 aliphatic rings. The fraction of sp³-hybridized carbons (Fsp3) is 0.167. The molecule has 0 aliphatic heterocycles. The number of aromatic nitrogens is 4. The molecule has 0 bridgehead atoms. The second kappa shape index (κ2) is 4.20. The first-order valence-corrected chi connectivity index (χ1v) is 5.75. The number of fused-ring (bicyclic) bond motifs is 3. The molecule has 0 fully saturated rings. The minimum absolute atomic E-state index is 0.000787. The zero-order chi connectivity index (χ0) is 13.4. The third-order valence-electron chi connectivity index (χ3n) is 2.72. The molecule has 0 spiro atoms. The minimum atomic E-state index is -0.606. The molecule has 0 aliphatic carbocycles. The largest absolute Gasteiger partial charge is 0.460 e. The van der Waals surface area contributed by atoms with Crippen molar-refractivity contribution in [3.63, 3.8) is 0 Å². The maximum absolute atomic E-state index is 11.9. The molecule has 19 heavy (non-hydrogen) atoms. The summed E-state index contributed by atoms with van der Waals surface area (Å²) in [5.74, 6) is -0.607. The van der Waals surface area contributed by atoms with Crippen molar-refractivity contribution in [3.05, 3.63) is 40.4 Å². The van der Waals surface area contributed by atoms with Gasteiger partial charge in [0.25, 0.3) is 5.56 Å². The third-order valence-corrected chi connectivity index (χ3v) is 2.72. The number of aromatic amines is 1. The van der Waals surface area contributed by atoms with Gasteiger partial charge in [0, 0.05) is 0 Å². The predicted octanol–water partition coefficient (Wildman–Crippen LogP) is 0.747. The molecule has 3 rings (SSSR count). The summed E-state index contributed by atoms with van der Waals surface area (Å²) >= 11 is 0. The summed E-state index contributed by atoms with van der Waals surface area (Å²) in [7, 11) is 0. The summed E-state index contributed by atoms with van der Waals surface area (Å²) in [5.41, 5.74) is 0.916. The molecular formula is C12H10N4O3. The lowest BCUT2D eigenvalue weighted by Crippen LogP contribution is -2.15. The van der Waals surface area contributed by atoms with Gasteiger partial charge in [-0.25, -0.2) is 4.79 Å². The van der Waals surface area contributed by atoms with E-state index in [1.165, 1.54) is 4.40 Å². The van der Waals surface area contributed by atoms with E-state index in [0.29, 0.717) is 11.0 Å². The van der Waals surface area contributed by atoms with Gasteiger partial charge in [0.2, 0.25) is 11.5 Å². The van der Waals surface area contributed by atoms with Crippen LogP contribution in [0.25, 0.3) is 16.7 Å². The van der Waals surface area contributed by atoms with Gasteiger partial charge in [-0.3, -0.25) is 9.20 Å². The number of ether oxygens (including phenoxy) is 1. The van der Waals surface area contributed by atoms with Crippen LogP contribution in [0, 0.1) is 0 Å². The van der Waals surface area contributed by atoms with Crippen LogP contribution in [0.2, 0.25) is 0 Å². The highest BCUT2D eigenvalue weighted by Crippen LogP contribution is 2.13. The van der Waals surface area contributed by atoms with Crippen molar-refractivity contribution in [2.24, 2.45) is 0 Å². The standard InChI is InChI=1S/C12H10N4O3/c1-2-19-12(18)10-15-14-9-11(17)13-7-5-3-4-6-8(7)16(9)10/h3-6H,2H2,1H3,(H,13,17). The van der Waals surface area contributed by atoms with E-state index in [1.54, 1.807) is 31.2 Å². The Morgan fingerprint density at radius 1 is 1.37 bits per heavy atom. The summed E-state index contributed by atoms with van der Waals surface area (Å²) < 4.78 is 6.32. The Morgan fingerprint density at radius 2 is 2.16 bits per heavy atom. The van der Waals surface area contributed by atoms with E-state index in [1.807, 2.05) is 0 Å². The van der Waals surface area contributed by atoms with Gasteiger partial charge in [-0.15, -0.1) is 10.2 Å². The highest BCUT2D eigenvalue weighted by atomic mass is 16.5. The number of benzene rings is 1. The third kappa shape index (κ3) is 1.67. The normalized spacial score (nSPS) is 11.0. The maximum atomic E-state index is 11.9. The summed E-state index contributed by atoms with van der Waals surface area (Å²) in [5, 5.41) is 7.48. The quantitative estimate of drug-likeness (QED) is 0.685. The highest BCUT2D eigenvalue weighted by Gasteiger charge is 2.19. The van der Waals surface area contributed by atoms with Crippen LogP contribution in [0.4, 0.5) is 0 Å². The van der Waals surface area contributed by atoms with Gasteiger partial charge < -0.3 is 9.72 Å². The second-order valence-electron chi connectivity index (χ2n) is 3.87. The van der Waals surface area contributed by atoms with E-state index in [-0.39, 0.29) is 18.1 Å². The van der Waals surface area contributed by atoms with Crippen molar-refractivity contribution < 1.29 is 9.53 Å². The molecular weight excluding hydrogens is 248 g/mol. The molecule has 1 N–H and O–H groups in total. The lowest BCUT2D eigenvalue weighted by Gasteiger charge is -2.03. The minimum Gasteiger partial charge on any atom is -0.460 e. The van der Waals surface area contributed by atoms with Crippen LogP contribution in [0.1, 0.15) is 17.5 Å². The number of nitrogens with zero attached hydrogens (tertiary/aromatic N) is 3. The lowest BCUT2D eigenvalue weighted by molar-refractivity contribution is 0.0511. The molecule has 0 radical (unpaired) electrons. The molecule has 0 saturated carbocycles. The van der Waals surface area contributed by atoms with Crippen LogP contribution in [-0.2, 0) is 4.74 Å². The molecule has 96 valence electrons. The fourth-order valence-electron chi connectivity index (χ4n) is 1.94. The number of para-hydroxylation sites is 2. The molecule has 2 heterocycles. The van der Waals surface area contributed by atoms with Crippen LogP contribution in [-0.4, -0.2) is 32.2 Å². The van der Waals surface area contributed by atoms with Crippen LogP contribution < -0.4 is 5.56 Å². The van der Waals surface area contributed by atoms with E-state index in [0.717, 1.165) is 0 Å². The number of nitrogens with one attached hydrogen (secondary N) is 1. The van der Waals surface area contributed by atoms with E-state index >= 15 is 0 Å². The number of rotatable bonds is 2. The van der Waals surface area contributed by atoms with E-state index in [2.05, 4.69) is 15.2 Å². The molecule has 1 aromatic carbocycles. The first kappa shape index (κ1) is 11.4. The topological polar surface area (TPSA) is 89.3 Å². The van der Waals surface area contributed by atoms with Gasteiger partial charge in [-0.2, -0.15) is 0 Å². The van der Waals surface area contributed by atoms with Crippen LogP contribution >= 0.6 is 0 Å². The van der Waals surface area contributed by atoms with Crippen LogP contribution in [0.15, 0.2) is 29.1 Å². The molecule has 7 nitrogen and oxygen atoms in total. The van der Waals surface area contributed by atoms with Gasteiger partial charge >= 0.3 is 5.97 Å². The molecule has 3 aromatic rings. The smallest absolute Gasteiger partial charge is 0.376 e. The zero-order valence-corrected chi connectivity index (χ0v) is 10.1. The average Bonchev–Trinajstić information content (AvgIpc) is 2.85. The number of H-pyrrole nitrogens is 1. The molecule has 0 atom stereocenters. The highest BCUT2D eigenvalue weighted by molar-refractivity contribution is 5.89. The average molecular weight is 258 g/mol. The lowest BCUT2D eigenvalue weighted by atomic mass is 10.3. The van der Waals surface area contributed by atoms with Crippen molar-refractivity contribution >= 4 is 22.6 Å². The van der Waals surface area contributed by atoms with Gasteiger partial charge in [0.1, 0.15) is 0 Å². The first-order chi connectivity index (χ1) is 9.22. The van der Waals surface area contributed by atoms with Gasteiger partial charge in [0.05, 0.1) is 17.6 Å². The van der Waals surface area contributed by atoms with Gasteiger partial charge in [0.15, 0.2) is 0 Å². The first-order valence-electron chi connectivity index (χ1n) is 5.75. The van der Waals surface area contributed by atoms with Gasteiger partial charge in [-0.1, -0.05) is 12.1 Å². The predicted molar refractivity (Wildman–Crippen MR) is 67.1 cm³/mol. The van der Waals surface area contributed by atoms with Crippen LogP contribution in [0.3, 0.4) is 0 Å². The molecule has 0 unspecified atom stereocenters. The van der Waals surface area contributed by atoms with E-state index < -0.39 is 11.5 Å². The summed E-state index contributed by atoms with van der Waals surface area (Å²) in [6.45, 7) is 1.93. The maximum Gasteiger partial charge on any atom is 0.376 e. The van der Waals surface area contributed by atoms with Gasteiger partial charge in [-0.05, 0) is 19.1 Å². The van der Waals surface area contributed by atoms with Crippen molar-refractivity contribution in [2.45, 2.75) is 6.92 Å². The molecule has 0 amide bonds. The summed E-state index contributed by atoms with van der Waals surface area (Å²) in [4.78, 5) is 26.4. The Morgan fingerprint density at radius 3 is 2.95 bits per heavy atom. The van der Waals surface area contributed by atoms with Crippen molar-refractivity contribution in [1.29, 1.82) is 0 Å². The number of hydrogen-bond donors (Lipinski definition) is 1. The van der Waals surface area contributed by atoms with Crippen molar-refractivity contribution in [3.8, 4) is 0 Å². The van der Waals surface area contributed by atoms with Crippen LogP contribution in [0.5, 0.6) is 0 Å². The van der Waals surface area contributed by atoms with E-state index in [4.69, 9.17) is 4.74 Å². The number of carbonyl (C=O) groups excluding carboxylic acids is 1. The van der Waals surface area contributed by atoms with Crippen molar-refractivity contribution in [2.75, 3.05) is 6.61 Å². The number of hydrogen-bond acceptors (Lipinski definition) is 5. The monoisotopic (exact) mass is 258 g/mol. The summed E-state index contributed by atoms with van der Waals surface area (Å²) in [6, 6.07) is 7.10. The number of esters is 1. The Hall–Kier alpha value is -2.70. The Kier molecular flexibility index (Phi) is 2.52. The zero-order valence-electron chi connectivity index (χ0n) is 10.1. The summed E-state index contributed by atoms with van der Waals surface area (Å²) in [6.07, 6.45) is 0. The fourth-order valence-corrected chi connectivity index (χ4v) is 1.94. The SMILES string of the molecule is CCOC(=O)c1nnc2c(=O)[nH]c3ccccc3n12. The van der Waals surface area contributed by atoms with E-state index in [9.17, 15) is 9.59 Å². The molecule has 7 heteroatoms. The molecule has 2 aromatic heterocycles. The Labute approximate surface area is 106 Å². The van der Waals surface area contributed by atoms with Crippen molar-refractivity contribution in [1.82, 2.24) is 19.6 Å². The molecule has 0 saturated heterocycles. The Bertz CT molecular complexity index is 834. The Balaban J connectivity index is 2.43.